The summed E-state index contributed by atoms with van der Waals surface area (Å²) >= 11 is 0. The molecule has 3 heteroatoms. The second-order valence-corrected chi connectivity index (χ2v) is 4.98. The number of rotatable bonds is 5. The lowest BCUT2D eigenvalue weighted by Crippen LogP contribution is -2.41. The molecule has 1 atom stereocenters. The number of ether oxygens (including phenoxy) is 1. The summed E-state index contributed by atoms with van der Waals surface area (Å²) in [5, 5.41) is 2.97. The van der Waals surface area contributed by atoms with Crippen molar-refractivity contribution in [1.82, 2.24) is 0 Å². The van der Waals surface area contributed by atoms with Gasteiger partial charge in [0.05, 0.1) is 0 Å². The smallest absolute Gasteiger partial charge is 0.256 e. The van der Waals surface area contributed by atoms with Crippen LogP contribution in [0.25, 0.3) is 0 Å². The summed E-state index contributed by atoms with van der Waals surface area (Å²) in [6.07, 6.45) is 0.638. The molecule has 0 aliphatic carbocycles. The van der Waals surface area contributed by atoms with E-state index in [0.29, 0.717) is 12.3 Å². The van der Waals surface area contributed by atoms with Crippen molar-refractivity contribution in [2.45, 2.75) is 45.6 Å². The van der Waals surface area contributed by atoms with E-state index in [1.165, 1.54) is 0 Å². The number of hydrogen-bond acceptors (Lipinski definition) is 2. The fourth-order valence-corrected chi connectivity index (χ4v) is 1.77. The number of hydrogen-bond donors (Lipinski definition) is 1. The van der Waals surface area contributed by atoms with Gasteiger partial charge in [-0.25, -0.2) is 0 Å². The van der Waals surface area contributed by atoms with Crippen molar-refractivity contribution in [3.05, 3.63) is 29.8 Å². The minimum Gasteiger partial charge on any atom is -0.369 e. The summed E-state index contributed by atoms with van der Waals surface area (Å²) in [6, 6.07) is 7.88. The Hall–Kier alpha value is -1.35. The summed E-state index contributed by atoms with van der Waals surface area (Å²) in [6.45, 7) is 7.97. The van der Waals surface area contributed by atoms with Gasteiger partial charge < -0.3 is 10.1 Å². The molecule has 1 unspecified atom stereocenters. The van der Waals surface area contributed by atoms with E-state index in [-0.39, 0.29) is 5.91 Å². The van der Waals surface area contributed by atoms with Crippen molar-refractivity contribution in [2.75, 3.05) is 12.4 Å². The van der Waals surface area contributed by atoms with Crippen LogP contribution in [-0.2, 0) is 9.53 Å². The molecule has 100 valence electrons. The van der Waals surface area contributed by atoms with E-state index >= 15 is 0 Å². The van der Waals surface area contributed by atoms with Crippen LogP contribution in [0.2, 0.25) is 0 Å². The summed E-state index contributed by atoms with van der Waals surface area (Å²) in [4.78, 5) is 12.2. The van der Waals surface area contributed by atoms with Crippen LogP contribution >= 0.6 is 0 Å². The zero-order valence-corrected chi connectivity index (χ0v) is 11.9. The molecular weight excluding hydrogens is 226 g/mol. The Bertz CT molecular complexity index is 409. The number of carbonyl (C=O) groups is 1. The minimum atomic E-state index is -0.774. The Labute approximate surface area is 110 Å². The molecular formula is C15H23NO2. The normalized spacial score (nSPS) is 14.3. The first-order chi connectivity index (χ1) is 8.44. The number of anilines is 1. The minimum absolute atomic E-state index is 0.0967. The topological polar surface area (TPSA) is 38.3 Å². The summed E-state index contributed by atoms with van der Waals surface area (Å²) in [7, 11) is 1.57. The van der Waals surface area contributed by atoms with Gasteiger partial charge >= 0.3 is 0 Å². The molecule has 1 N–H and O–H groups in total. The van der Waals surface area contributed by atoms with E-state index in [2.05, 4.69) is 19.2 Å². The SMILES string of the molecule is CCC(C)(OC)C(=O)Nc1ccccc1C(C)C. The molecule has 0 saturated carbocycles. The molecule has 0 aliphatic rings. The van der Waals surface area contributed by atoms with E-state index < -0.39 is 5.60 Å². The first-order valence-corrected chi connectivity index (χ1v) is 6.40. The Morgan fingerprint density at radius 3 is 2.50 bits per heavy atom. The second kappa shape index (κ2) is 6.01. The van der Waals surface area contributed by atoms with Gasteiger partial charge in [-0.2, -0.15) is 0 Å². The van der Waals surface area contributed by atoms with Crippen molar-refractivity contribution in [2.24, 2.45) is 0 Å². The van der Waals surface area contributed by atoms with Crippen molar-refractivity contribution in [3.63, 3.8) is 0 Å². The van der Waals surface area contributed by atoms with Crippen molar-refractivity contribution < 1.29 is 9.53 Å². The van der Waals surface area contributed by atoms with Gasteiger partial charge in [-0.3, -0.25) is 4.79 Å². The van der Waals surface area contributed by atoms with Gasteiger partial charge in [0.15, 0.2) is 0 Å². The lowest BCUT2D eigenvalue weighted by molar-refractivity contribution is -0.136. The molecule has 0 fully saturated rings. The Kier molecular flexibility index (Phi) is 4.91. The molecule has 0 saturated heterocycles. The van der Waals surface area contributed by atoms with Crippen LogP contribution in [0.3, 0.4) is 0 Å². The Morgan fingerprint density at radius 2 is 2.00 bits per heavy atom. The fraction of sp³-hybridized carbons (Fsp3) is 0.533. The second-order valence-electron chi connectivity index (χ2n) is 4.98. The number of nitrogens with one attached hydrogen (secondary N) is 1. The molecule has 0 aromatic heterocycles. The van der Waals surface area contributed by atoms with Crippen molar-refractivity contribution in [3.8, 4) is 0 Å². The molecule has 1 rings (SSSR count). The average Bonchev–Trinajstić information content (AvgIpc) is 2.38. The standard InChI is InChI=1S/C15H23NO2/c1-6-15(4,18-5)14(17)16-13-10-8-7-9-12(13)11(2)3/h7-11H,6H2,1-5H3,(H,16,17). The number of methoxy groups -OCH3 is 1. The number of carbonyl (C=O) groups excluding carboxylic acids is 1. The predicted octanol–water partition coefficient (Wildman–Crippen LogP) is 3.56. The van der Waals surface area contributed by atoms with Gasteiger partial charge in [0.25, 0.3) is 5.91 Å². The van der Waals surface area contributed by atoms with Gasteiger partial charge in [-0.05, 0) is 30.9 Å². The zero-order valence-electron chi connectivity index (χ0n) is 11.9. The maximum absolute atomic E-state index is 12.2. The molecule has 0 heterocycles. The van der Waals surface area contributed by atoms with E-state index in [0.717, 1.165) is 11.3 Å². The lowest BCUT2D eigenvalue weighted by atomic mass is 9.99. The van der Waals surface area contributed by atoms with Crippen LogP contribution in [0.15, 0.2) is 24.3 Å². The third-order valence-corrected chi connectivity index (χ3v) is 3.44. The highest BCUT2D eigenvalue weighted by Crippen LogP contribution is 2.25. The first-order valence-electron chi connectivity index (χ1n) is 6.40. The molecule has 0 spiro atoms. The highest BCUT2D eigenvalue weighted by Gasteiger charge is 2.31. The van der Waals surface area contributed by atoms with Gasteiger partial charge in [-0.1, -0.05) is 39.0 Å². The Balaban J connectivity index is 2.95. The quantitative estimate of drug-likeness (QED) is 0.866. The van der Waals surface area contributed by atoms with Crippen LogP contribution in [0.5, 0.6) is 0 Å². The number of para-hydroxylation sites is 1. The molecule has 18 heavy (non-hydrogen) atoms. The van der Waals surface area contributed by atoms with E-state index in [1.807, 2.05) is 31.2 Å². The monoisotopic (exact) mass is 249 g/mol. The van der Waals surface area contributed by atoms with Gasteiger partial charge in [0.1, 0.15) is 5.60 Å². The van der Waals surface area contributed by atoms with Gasteiger partial charge in [-0.15, -0.1) is 0 Å². The summed E-state index contributed by atoms with van der Waals surface area (Å²) in [5.41, 5.74) is 1.24. The predicted molar refractivity (Wildman–Crippen MR) is 74.9 cm³/mol. The molecule has 3 nitrogen and oxygen atoms in total. The maximum atomic E-state index is 12.2. The highest BCUT2D eigenvalue weighted by atomic mass is 16.5. The Morgan fingerprint density at radius 1 is 1.39 bits per heavy atom. The van der Waals surface area contributed by atoms with Crippen molar-refractivity contribution in [1.29, 1.82) is 0 Å². The molecule has 1 amide bonds. The number of amides is 1. The van der Waals surface area contributed by atoms with E-state index in [4.69, 9.17) is 4.74 Å². The largest absolute Gasteiger partial charge is 0.369 e. The molecule has 0 bridgehead atoms. The first kappa shape index (κ1) is 14.7. The lowest BCUT2D eigenvalue weighted by Gasteiger charge is -2.26. The molecule has 1 aromatic rings. The third kappa shape index (κ3) is 3.10. The molecule has 0 aliphatic heterocycles. The summed E-state index contributed by atoms with van der Waals surface area (Å²) < 4.78 is 5.31. The van der Waals surface area contributed by atoms with E-state index in [1.54, 1.807) is 14.0 Å². The van der Waals surface area contributed by atoms with Crippen LogP contribution in [0.4, 0.5) is 5.69 Å². The maximum Gasteiger partial charge on any atom is 0.256 e. The average molecular weight is 249 g/mol. The van der Waals surface area contributed by atoms with Gasteiger partial charge in [0, 0.05) is 12.8 Å². The van der Waals surface area contributed by atoms with Crippen LogP contribution in [-0.4, -0.2) is 18.6 Å². The van der Waals surface area contributed by atoms with Crippen molar-refractivity contribution >= 4 is 11.6 Å². The molecule has 1 aromatic carbocycles. The zero-order chi connectivity index (χ0) is 13.8. The third-order valence-electron chi connectivity index (χ3n) is 3.44. The fourth-order valence-electron chi connectivity index (χ4n) is 1.77. The summed E-state index contributed by atoms with van der Waals surface area (Å²) in [5.74, 6) is 0.275. The van der Waals surface area contributed by atoms with Crippen LogP contribution in [0.1, 0.15) is 45.6 Å². The molecule has 0 radical (unpaired) electrons. The van der Waals surface area contributed by atoms with E-state index in [9.17, 15) is 4.79 Å². The van der Waals surface area contributed by atoms with Gasteiger partial charge in [0.2, 0.25) is 0 Å². The highest BCUT2D eigenvalue weighted by molar-refractivity contribution is 5.97. The van der Waals surface area contributed by atoms with Crippen LogP contribution < -0.4 is 5.32 Å². The number of benzene rings is 1. The van der Waals surface area contributed by atoms with Crippen LogP contribution in [0, 0.1) is 0 Å².